The van der Waals surface area contributed by atoms with Gasteiger partial charge < -0.3 is 14.4 Å². The Balaban J connectivity index is 1.56. The molecule has 2 saturated heterocycles. The maximum Gasteiger partial charge on any atom is 0.230 e. The predicted molar refractivity (Wildman–Crippen MR) is 86.8 cm³/mol. The lowest BCUT2D eigenvalue weighted by Gasteiger charge is -2.47. The van der Waals surface area contributed by atoms with Gasteiger partial charge in [0.15, 0.2) is 0 Å². The number of halogens is 1. The Hall–Kier alpha value is -2.11. The topological polar surface area (TPSA) is 41.4 Å². The van der Waals surface area contributed by atoms with E-state index in [2.05, 4.69) is 9.88 Å². The number of benzene rings is 1. The first-order valence-electron chi connectivity index (χ1n) is 8.05. The Bertz CT molecular complexity index is 797. The van der Waals surface area contributed by atoms with Crippen LogP contribution >= 0.6 is 0 Å². The fourth-order valence-electron chi connectivity index (χ4n) is 3.77. The van der Waals surface area contributed by atoms with Crippen LogP contribution in [0, 0.1) is 11.2 Å². The molecule has 2 aromatic rings. The van der Waals surface area contributed by atoms with Crippen molar-refractivity contribution in [2.24, 2.45) is 12.5 Å². The summed E-state index contributed by atoms with van der Waals surface area (Å²) in [5, 5.41) is 0. The summed E-state index contributed by atoms with van der Waals surface area (Å²) < 4.78 is 15.4. The van der Waals surface area contributed by atoms with Gasteiger partial charge in [-0.25, -0.2) is 9.37 Å². The van der Waals surface area contributed by atoms with Gasteiger partial charge in [0.05, 0.1) is 22.5 Å². The second-order valence-electron chi connectivity index (χ2n) is 7.31. The van der Waals surface area contributed by atoms with Gasteiger partial charge in [-0.05, 0) is 38.5 Å². The molecule has 5 nitrogen and oxygen atoms in total. The number of β-lactam (4-membered cyclic amide) rings is 1. The molecule has 1 aromatic carbocycles. The molecule has 1 amide bonds. The van der Waals surface area contributed by atoms with Crippen LogP contribution in [0.5, 0.6) is 0 Å². The third-order valence-electron chi connectivity index (χ3n) is 5.11. The summed E-state index contributed by atoms with van der Waals surface area (Å²) in [6.45, 7) is 6.49. The number of hydrogen-bond acceptors (Lipinski definition) is 3. The Morgan fingerprint density at radius 2 is 2.13 bits per heavy atom. The normalized spacial score (nSPS) is 23.7. The van der Waals surface area contributed by atoms with E-state index >= 15 is 0 Å². The van der Waals surface area contributed by atoms with Crippen molar-refractivity contribution in [1.29, 1.82) is 0 Å². The summed E-state index contributed by atoms with van der Waals surface area (Å²) in [4.78, 5) is 21.0. The molecule has 0 N–H and O–H groups in total. The lowest BCUT2D eigenvalue weighted by atomic mass is 9.82. The van der Waals surface area contributed by atoms with Gasteiger partial charge in [0, 0.05) is 26.7 Å². The van der Waals surface area contributed by atoms with Crippen LogP contribution in [-0.2, 0) is 11.8 Å². The van der Waals surface area contributed by atoms with E-state index < -0.39 is 0 Å². The molecule has 122 valence electrons. The molecular weight excluding hydrogens is 295 g/mol. The SMILES string of the molecule is Cn1c(N2CCC(N3CC(C)(C)C3=O)C2)nc2ccc(F)cc21. The number of carbonyl (C=O) groups excluding carboxylic acids is 1. The van der Waals surface area contributed by atoms with Gasteiger partial charge in [0.25, 0.3) is 0 Å². The number of carbonyl (C=O) groups is 1. The number of aryl methyl sites for hydroxylation is 1. The van der Waals surface area contributed by atoms with Crippen LogP contribution in [-0.4, -0.2) is 46.0 Å². The highest BCUT2D eigenvalue weighted by molar-refractivity contribution is 5.88. The number of rotatable bonds is 2. The van der Waals surface area contributed by atoms with E-state index in [-0.39, 0.29) is 23.2 Å². The maximum absolute atomic E-state index is 13.4. The summed E-state index contributed by atoms with van der Waals surface area (Å²) in [7, 11) is 1.91. The summed E-state index contributed by atoms with van der Waals surface area (Å²) in [6, 6.07) is 4.92. The molecule has 0 aliphatic carbocycles. The first-order valence-corrected chi connectivity index (χ1v) is 8.05. The number of fused-ring (bicyclic) bond motifs is 1. The zero-order valence-corrected chi connectivity index (χ0v) is 13.7. The molecule has 6 heteroatoms. The number of hydrogen-bond donors (Lipinski definition) is 0. The van der Waals surface area contributed by atoms with Gasteiger partial charge in [-0.15, -0.1) is 0 Å². The van der Waals surface area contributed by atoms with Crippen LogP contribution in [0.3, 0.4) is 0 Å². The van der Waals surface area contributed by atoms with Gasteiger partial charge in [-0.3, -0.25) is 4.79 Å². The lowest BCUT2D eigenvalue weighted by Crippen LogP contribution is -2.62. The van der Waals surface area contributed by atoms with Crippen LogP contribution in [0.25, 0.3) is 11.0 Å². The van der Waals surface area contributed by atoms with Crippen molar-refractivity contribution < 1.29 is 9.18 Å². The Kier molecular flexibility index (Phi) is 2.95. The van der Waals surface area contributed by atoms with E-state index in [1.54, 1.807) is 6.07 Å². The highest BCUT2D eigenvalue weighted by Gasteiger charge is 2.48. The summed E-state index contributed by atoms with van der Waals surface area (Å²) in [5.41, 5.74) is 1.39. The third kappa shape index (κ3) is 2.11. The largest absolute Gasteiger partial charge is 0.340 e. The van der Waals surface area contributed by atoms with Crippen molar-refractivity contribution in [3.8, 4) is 0 Å². The van der Waals surface area contributed by atoms with E-state index in [0.29, 0.717) is 0 Å². The quantitative estimate of drug-likeness (QED) is 0.797. The molecule has 1 atom stereocenters. The van der Waals surface area contributed by atoms with E-state index in [0.717, 1.165) is 43.0 Å². The van der Waals surface area contributed by atoms with Crippen molar-refractivity contribution >= 4 is 22.9 Å². The zero-order valence-electron chi connectivity index (χ0n) is 13.7. The van der Waals surface area contributed by atoms with E-state index in [1.165, 1.54) is 12.1 Å². The third-order valence-corrected chi connectivity index (χ3v) is 5.11. The highest BCUT2D eigenvalue weighted by Crippen LogP contribution is 2.35. The predicted octanol–water partition coefficient (Wildman–Crippen LogP) is 2.16. The molecule has 1 unspecified atom stereocenters. The minimum Gasteiger partial charge on any atom is -0.340 e. The zero-order chi connectivity index (χ0) is 16.4. The molecule has 3 heterocycles. The molecule has 2 aliphatic heterocycles. The van der Waals surface area contributed by atoms with Gasteiger partial charge in [-0.1, -0.05) is 0 Å². The molecule has 0 saturated carbocycles. The summed E-state index contributed by atoms with van der Waals surface area (Å²) >= 11 is 0. The monoisotopic (exact) mass is 316 g/mol. The van der Waals surface area contributed by atoms with E-state index in [4.69, 9.17) is 0 Å². The lowest BCUT2D eigenvalue weighted by molar-refractivity contribution is -0.160. The van der Waals surface area contributed by atoms with Crippen molar-refractivity contribution in [2.75, 3.05) is 24.5 Å². The van der Waals surface area contributed by atoms with Crippen LogP contribution < -0.4 is 4.90 Å². The minimum atomic E-state index is -0.250. The molecular formula is C17H21FN4O. The number of nitrogens with zero attached hydrogens (tertiary/aromatic N) is 4. The number of likely N-dealkylation sites (tertiary alicyclic amines) is 1. The number of aromatic nitrogens is 2. The molecule has 2 fully saturated rings. The van der Waals surface area contributed by atoms with Gasteiger partial charge in [0.2, 0.25) is 11.9 Å². The Morgan fingerprint density at radius 1 is 1.35 bits per heavy atom. The highest BCUT2D eigenvalue weighted by atomic mass is 19.1. The molecule has 1 aromatic heterocycles. The first kappa shape index (κ1) is 14.5. The maximum atomic E-state index is 13.4. The Labute approximate surface area is 134 Å². The van der Waals surface area contributed by atoms with Crippen LogP contribution in [0.2, 0.25) is 0 Å². The van der Waals surface area contributed by atoms with Gasteiger partial charge in [-0.2, -0.15) is 0 Å². The van der Waals surface area contributed by atoms with Crippen molar-refractivity contribution in [2.45, 2.75) is 26.3 Å². The number of amides is 1. The van der Waals surface area contributed by atoms with Crippen LogP contribution in [0.4, 0.5) is 10.3 Å². The van der Waals surface area contributed by atoms with Crippen LogP contribution in [0.15, 0.2) is 18.2 Å². The second-order valence-corrected chi connectivity index (χ2v) is 7.31. The molecule has 2 aliphatic rings. The molecule has 0 spiro atoms. The average molecular weight is 316 g/mol. The van der Waals surface area contributed by atoms with Gasteiger partial charge >= 0.3 is 0 Å². The molecule has 0 bridgehead atoms. The summed E-state index contributed by atoms with van der Waals surface area (Å²) in [6.07, 6.45) is 0.958. The average Bonchev–Trinajstić information content (AvgIpc) is 3.10. The minimum absolute atomic E-state index is 0.206. The molecule has 4 rings (SSSR count). The standard InChI is InChI=1S/C17H21FN4O/c1-17(2)10-22(15(17)23)12-6-7-21(9-12)16-19-13-5-4-11(18)8-14(13)20(16)3/h4-5,8,12H,6-7,9-10H2,1-3H3. The van der Waals surface area contributed by atoms with E-state index in [1.807, 2.05) is 30.4 Å². The van der Waals surface area contributed by atoms with Crippen molar-refractivity contribution in [1.82, 2.24) is 14.5 Å². The Morgan fingerprint density at radius 3 is 2.83 bits per heavy atom. The summed E-state index contributed by atoms with van der Waals surface area (Å²) in [5.74, 6) is 0.844. The second kappa shape index (κ2) is 4.69. The molecule has 23 heavy (non-hydrogen) atoms. The van der Waals surface area contributed by atoms with Gasteiger partial charge in [0.1, 0.15) is 5.82 Å². The molecule has 0 radical (unpaired) electrons. The smallest absolute Gasteiger partial charge is 0.230 e. The van der Waals surface area contributed by atoms with Crippen molar-refractivity contribution in [3.05, 3.63) is 24.0 Å². The number of anilines is 1. The fraction of sp³-hybridized carbons (Fsp3) is 0.529. The van der Waals surface area contributed by atoms with Crippen molar-refractivity contribution in [3.63, 3.8) is 0 Å². The van der Waals surface area contributed by atoms with Crippen LogP contribution in [0.1, 0.15) is 20.3 Å². The fourth-order valence-corrected chi connectivity index (χ4v) is 3.77. The first-order chi connectivity index (χ1) is 10.9. The van der Waals surface area contributed by atoms with E-state index in [9.17, 15) is 9.18 Å². The number of imidazole rings is 1.